The highest BCUT2D eigenvalue weighted by atomic mass is 35.5. The van der Waals surface area contributed by atoms with E-state index in [9.17, 15) is 9.18 Å². The molecule has 4 nitrogen and oxygen atoms in total. The first kappa shape index (κ1) is 14.2. The molecule has 2 rings (SSSR count). The first-order valence-corrected chi connectivity index (χ1v) is 6.56. The highest BCUT2D eigenvalue weighted by Gasteiger charge is 2.22. The van der Waals surface area contributed by atoms with E-state index in [1.54, 1.807) is 4.90 Å². The lowest BCUT2D eigenvalue weighted by atomic mass is 10.1. The van der Waals surface area contributed by atoms with Gasteiger partial charge in [0, 0.05) is 43.9 Å². The summed E-state index contributed by atoms with van der Waals surface area (Å²) in [5.41, 5.74) is 6.12. The SMILES string of the molecule is CN1CCN(C(=O)c2cc(Cl)c(F)c(CN)c2)CC1. The number of amides is 1. The maximum Gasteiger partial charge on any atom is 0.254 e. The number of carbonyl (C=O) groups is 1. The van der Waals surface area contributed by atoms with Crippen molar-refractivity contribution >= 4 is 17.5 Å². The standard InChI is InChI=1S/C13H17ClFN3O/c1-17-2-4-18(5-3-17)13(19)9-6-10(8-16)12(15)11(14)7-9/h6-7H,2-5,8,16H2,1H3. The Labute approximate surface area is 116 Å². The minimum Gasteiger partial charge on any atom is -0.336 e. The normalized spacial score (nSPS) is 16.7. The molecule has 19 heavy (non-hydrogen) atoms. The average molecular weight is 286 g/mol. The van der Waals surface area contributed by atoms with Gasteiger partial charge in [-0.05, 0) is 19.2 Å². The number of likely N-dealkylation sites (N-methyl/N-ethyl adjacent to an activating group) is 1. The number of piperazine rings is 1. The molecule has 0 spiro atoms. The molecule has 0 saturated carbocycles. The Morgan fingerprint density at radius 1 is 1.37 bits per heavy atom. The van der Waals surface area contributed by atoms with Crippen molar-refractivity contribution in [3.8, 4) is 0 Å². The Balaban J connectivity index is 2.22. The van der Waals surface area contributed by atoms with Gasteiger partial charge in [-0.1, -0.05) is 11.6 Å². The summed E-state index contributed by atoms with van der Waals surface area (Å²) < 4.78 is 13.6. The number of benzene rings is 1. The fourth-order valence-corrected chi connectivity index (χ4v) is 2.35. The zero-order valence-corrected chi connectivity index (χ0v) is 11.6. The zero-order chi connectivity index (χ0) is 14.0. The molecule has 0 aromatic heterocycles. The van der Waals surface area contributed by atoms with Crippen molar-refractivity contribution in [1.29, 1.82) is 0 Å². The number of halogens is 2. The Hall–Kier alpha value is -1.17. The minimum atomic E-state index is -0.543. The van der Waals surface area contributed by atoms with Crippen LogP contribution < -0.4 is 5.73 Å². The van der Waals surface area contributed by atoms with Crippen LogP contribution in [0.2, 0.25) is 5.02 Å². The fourth-order valence-electron chi connectivity index (χ4n) is 2.11. The number of nitrogens with zero attached hydrogens (tertiary/aromatic N) is 2. The molecule has 0 aliphatic carbocycles. The molecule has 2 N–H and O–H groups in total. The van der Waals surface area contributed by atoms with Crippen molar-refractivity contribution in [2.45, 2.75) is 6.54 Å². The van der Waals surface area contributed by atoms with E-state index in [0.717, 1.165) is 13.1 Å². The van der Waals surface area contributed by atoms with Crippen molar-refractivity contribution in [3.05, 3.63) is 34.1 Å². The number of hydrogen-bond acceptors (Lipinski definition) is 3. The second-order valence-electron chi connectivity index (χ2n) is 4.73. The summed E-state index contributed by atoms with van der Waals surface area (Å²) in [6, 6.07) is 2.86. The van der Waals surface area contributed by atoms with Gasteiger partial charge < -0.3 is 15.5 Å². The van der Waals surface area contributed by atoms with E-state index in [4.69, 9.17) is 17.3 Å². The lowest BCUT2D eigenvalue weighted by Gasteiger charge is -2.32. The molecule has 1 saturated heterocycles. The molecule has 0 radical (unpaired) electrons. The number of rotatable bonds is 2. The van der Waals surface area contributed by atoms with Crippen LogP contribution in [0.4, 0.5) is 4.39 Å². The lowest BCUT2D eigenvalue weighted by Crippen LogP contribution is -2.47. The monoisotopic (exact) mass is 285 g/mol. The third kappa shape index (κ3) is 3.05. The molecular weight excluding hydrogens is 269 g/mol. The van der Waals surface area contributed by atoms with Gasteiger partial charge in [0.15, 0.2) is 0 Å². The lowest BCUT2D eigenvalue weighted by molar-refractivity contribution is 0.0664. The largest absolute Gasteiger partial charge is 0.336 e. The highest BCUT2D eigenvalue weighted by Crippen LogP contribution is 2.22. The molecule has 0 atom stereocenters. The molecule has 1 aromatic rings. The summed E-state index contributed by atoms with van der Waals surface area (Å²) in [5.74, 6) is -0.663. The van der Waals surface area contributed by atoms with Gasteiger partial charge in [-0.2, -0.15) is 0 Å². The first-order chi connectivity index (χ1) is 9.02. The maximum absolute atomic E-state index is 13.6. The molecule has 1 amide bonds. The summed E-state index contributed by atoms with van der Waals surface area (Å²) in [7, 11) is 2.02. The molecule has 1 heterocycles. The van der Waals surface area contributed by atoms with Gasteiger partial charge in [-0.25, -0.2) is 4.39 Å². The van der Waals surface area contributed by atoms with Gasteiger partial charge in [0.05, 0.1) is 5.02 Å². The van der Waals surface area contributed by atoms with Crippen LogP contribution in [0.1, 0.15) is 15.9 Å². The van der Waals surface area contributed by atoms with Crippen LogP contribution in [0.25, 0.3) is 0 Å². The van der Waals surface area contributed by atoms with Crippen LogP contribution in [0, 0.1) is 5.82 Å². The molecule has 0 unspecified atom stereocenters. The predicted molar refractivity (Wildman–Crippen MR) is 72.7 cm³/mol. The van der Waals surface area contributed by atoms with E-state index in [2.05, 4.69) is 4.90 Å². The Morgan fingerprint density at radius 3 is 2.58 bits per heavy atom. The molecule has 1 aliphatic rings. The fraction of sp³-hybridized carbons (Fsp3) is 0.462. The quantitative estimate of drug-likeness (QED) is 0.892. The smallest absolute Gasteiger partial charge is 0.254 e. The summed E-state index contributed by atoms with van der Waals surface area (Å²) in [6.45, 7) is 3.04. The van der Waals surface area contributed by atoms with E-state index < -0.39 is 5.82 Å². The topological polar surface area (TPSA) is 49.6 Å². The average Bonchev–Trinajstić information content (AvgIpc) is 2.41. The summed E-state index contributed by atoms with van der Waals surface area (Å²) >= 11 is 5.79. The molecule has 104 valence electrons. The molecule has 0 bridgehead atoms. The Kier molecular flexibility index (Phi) is 4.39. The van der Waals surface area contributed by atoms with Crippen molar-refractivity contribution in [1.82, 2.24) is 9.80 Å². The third-order valence-corrected chi connectivity index (χ3v) is 3.64. The van der Waals surface area contributed by atoms with E-state index in [0.29, 0.717) is 18.7 Å². The van der Waals surface area contributed by atoms with Crippen LogP contribution in [-0.2, 0) is 6.54 Å². The van der Waals surface area contributed by atoms with Gasteiger partial charge in [0.25, 0.3) is 5.91 Å². The predicted octanol–water partition coefficient (Wildman–Crippen LogP) is 1.33. The van der Waals surface area contributed by atoms with Gasteiger partial charge >= 0.3 is 0 Å². The number of nitrogens with two attached hydrogens (primary N) is 1. The van der Waals surface area contributed by atoms with Gasteiger partial charge in [-0.15, -0.1) is 0 Å². The zero-order valence-electron chi connectivity index (χ0n) is 10.8. The maximum atomic E-state index is 13.6. The summed E-state index contributed by atoms with van der Waals surface area (Å²) in [4.78, 5) is 16.2. The van der Waals surface area contributed by atoms with E-state index >= 15 is 0 Å². The van der Waals surface area contributed by atoms with E-state index in [-0.39, 0.29) is 23.0 Å². The van der Waals surface area contributed by atoms with Gasteiger partial charge in [-0.3, -0.25) is 4.79 Å². The summed E-state index contributed by atoms with van der Waals surface area (Å²) in [6.07, 6.45) is 0. The van der Waals surface area contributed by atoms with Crippen molar-refractivity contribution in [2.75, 3.05) is 33.2 Å². The second kappa shape index (κ2) is 5.86. The molecule has 1 aliphatic heterocycles. The number of carbonyl (C=O) groups excluding carboxylic acids is 1. The van der Waals surface area contributed by atoms with Crippen LogP contribution in [0.5, 0.6) is 0 Å². The van der Waals surface area contributed by atoms with Crippen LogP contribution in [0.15, 0.2) is 12.1 Å². The molecular formula is C13H17ClFN3O. The Bertz CT molecular complexity index is 487. The van der Waals surface area contributed by atoms with Crippen molar-refractivity contribution in [3.63, 3.8) is 0 Å². The first-order valence-electron chi connectivity index (χ1n) is 6.18. The van der Waals surface area contributed by atoms with Crippen LogP contribution >= 0.6 is 11.6 Å². The molecule has 1 aromatic carbocycles. The van der Waals surface area contributed by atoms with E-state index in [1.807, 2.05) is 7.05 Å². The number of hydrogen-bond donors (Lipinski definition) is 1. The highest BCUT2D eigenvalue weighted by molar-refractivity contribution is 6.31. The third-order valence-electron chi connectivity index (χ3n) is 3.36. The van der Waals surface area contributed by atoms with Gasteiger partial charge in [0.1, 0.15) is 5.82 Å². The molecule has 6 heteroatoms. The van der Waals surface area contributed by atoms with Gasteiger partial charge in [0.2, 0.25) is 0 Å². The summed E-state index contributed by atoms with van der Waals surface area (Å²) in [5, 5.41) is -0.0552. The van der Waals surface area contributed by atoms with Crippen LogP contribution in [-0.4, -0.2) is 48.9 Å². The van der Waals surface area contributed by atoms with Crippen LogP contribution in [0.3, 0.4) is 0 Å². The van der Waals surface area contributed by atoms with E-state index in [1.165, 1.54) is 12.1 Å². The van der Waals surface area contributed by atoms with Crippen molar-refractivity contribution < 1.29 is 9.18 Å². The second-order valence-corrected chi connectivity index (χ2v) is 5.14. The minimum absolute atomic E-state index is 0.0232. The van der Waals surface area contributed by atoms with Crippen molar-refractivity contribution in [2.24, 2.45) is 5.73 Å². The molecule has 1 fully saturated rings. The Morgan fingerprint density at radius 2 is 2.00 bits per heavy atom.